The Balaban J connectivity index is 1.99. The van der Waals surface area contributed by atoms with Gasteiger partial charge in [0.1, 0.15) is 0 Å². The summed E-state index contributed by atoms with van der Waals surface area (Å²) >= 11 is 3.44. The second kappa shape index (κ2) is 7.77. The summed E-state index contributed by atoms with van der Waals surface area (Å²) in [7, 11) is 0. The van der Waals surface area contributed by atoms with Crippen molar-refractivity contribution in [2.24, 2.45) is 5.92 Å². The first-order valence-electron chi connectivity index (χ1n) is 7.95. The van der Waals surface area contributed by atoms with Gasteiger partial charge in [-0.05, 0) is 59.8 Å². The van der Waals surface area contributed by atoms with Crippen molar-refractivity contribution in [3.8, 4) is 0 Å². The molecule has 0 aliphatic heterocycles. The number of amides is 1. The molecule has 0 saturated heterocycles. The van der Waals surface area contributed by atoms with Gasteiger partial charge in [-0.25, -0.2) is 0 Å². The molecule has 124 valence electrons. The van der Waals surface area contributed by atoms with E-state index >= 15 is 0 Å². The lowest BCUT2D eigenvalue weighted by Gasteiger charge is -2.09. The fourth-order valence-electron chi connectivity index (χ4n) is 2.63. The molecule has 2 aromatic rings. The normalized spacial score (nSPS) is 11.0. The predicted octanol–water partition coefficient (Wildman–Crippen LogP) is 4.49. The zero-order chi connectivity index (χ0) is 17.0. The van der Waals surface area contributed by atoms with Crippen LogP contribution in [0.4, 0.5) is 5.69 Å². The van der Waals surface area contributed by atoms with E-state index in [4.69, 9.17) is 0 Å². The molecule has 23 heavy (non-hydrogen) atoms. The Bertz CT molecular complexity index is 692. The number of aryl methyl sites for hydroxylation is 1. The van der Waals surface area contributed by atoms with E-state index in [1.54, 1.807) is 0 Å². The van der Waals surface area contributed by atoms with Crippen molar-refractivity contribution in [2.75, 3.05) is 5.32 Å². The molecule has 5 heteroatoms. The van der Waals surface area contributed by atoms with Gasteiger partial charge in [-0.3, -0.25) is 9.48 Å². The topological polar surface area (TPSA) is 46.9 Å². The van der Waals surface area contributed by atoms with E-state index in [1.807, 2.05) is 31.2 Å². The number of anilines is 1. The Morgan fingerprint density at radius 1 is 1.30 bits per heavy atom. The molecule has 1 heterocycles. The van der Waals surface area contributed by atoms with E-state index in [9.17, 15) is 4.79 Å². The minimum atomic E-state index is 0.0207. The van der Waals surface area contributed by atoms with Gasteiger partial charge in [-0.2, -0.15) is 5.10 Å². The van der Waals surface area contributed by atoms with Gasteiger partial charge in [0.25, 0.3) is 0 Å². The number of hydrogen-bond acceptors (Lipinski definition) is 2. The Morgan fingerprint density at radius 2 is 2.00 bits per heavy atom. The lowest BCUT2D eigenvalue weighted by atomic mass is 10.1. The number of nitrogens with zero attached hydrogens (tertiary/aromatic N) is 2. The number of carbonyl (C=O) groups is 1. The summed E-state index contributed by atoms with van der Waals surface area (Å²) in [4.78, 5) is 12.2. The van der Waals surface area contributed by atoms with Crippen LogP contribution in [0.2, 0.25) is 0 Å². The molecule has 0 unspecified atom stereocenters. The smallest absolute Gasteiger partial charge is 0.224 e. The van der Waals surface area contributed by atoms with Crippen LogP contribution < -0.4 is 5.32 Å². The van der Waals surface area contributed by atoms with E-state index < -0.39 is 0 Å². The third-order valence-corrected chi connectivity index (χ3v) is 4.51. The summed E-state index contributed by atoms with van der Waals surface area (Å²) < 4.78 is 2.95. The first kappa shape index (κ1) is 17.7. The number of halogens is 1. The van der Waals surface area contributed by atoms with Crippen LogP contribution in [0.25, 0.3) is 0 Å². The maximum Gasteiger partial charge on any atom is 0.224 e. The van der Waals surface area contributed by atoms with Crippen LogP contribution in [0.3, 0.4) is 0 Å². The monoisotopic (exact) mass is 377 g/mol. The van der Waals surface area contributed by atoms with Crippen molar-refractivity contribution >= 4 is 27.5 Å². The SMILES string of the molecule is Cc1nn(CC(C)C)c(C)c1CCC(=O)Nc1ccccc1Br. The van der Waals surface area contributed by atoms with Gasteiger partial charge in [0.2, 0.25) is 5.91 Å². The average molecular weight is 378 g/mol. The molecular weight excluding hydrogens is 354 g/mol. The second-order valence-corrected chi connectivity index (χ2v) is 7.11. The van der Waals surface area contributed by atoms with E-state index in [0.717, 1.165) is 22.4 Å². The van der Waals surface area contributed by atoms with Gasteiger partial charge < -0.3 is 5.32 Å². The molecule has 0 atom stereocenters. The highest BCUT2D eigenvalue weighted by Crippen LogP contribution is 2.22. The number of para-hydroxylation sites is 1. The molecule has 0 aliphatic carbocycles. The van der Waals surface area contributed by atoms with Crippen LogP contribution in [0, 0.1) is 19.8 Å². The van der Waals surface area contributed by atoms with Gasteiger partial charge in [-0.15, -0.1) is 0 Å². The summed E-state index contributed by atoms with van der Waals surface area (Å²) in [6, 6.07) is 7.64. The average Bonchev–Trinajstić information content (AvgIpc) is 2.73. The maximum absolute atomic E-state index is 12.2. The van der Waals surface area contributed by atoms with Crippen LogP contribution in [-0.4, -0.2) is 15.7 Å². The summed E-state index contributed by atoms with van der Waals surface area (Å²) in [5.41, 5.74) is 4.19. The van der Waals surface area contributed by atoms with Gasteiger partial charge in [0, 0.05) is 23.1 Å². The Kier molecular flexibility index (Phi) is 5.99. The minimum absolute atomic E-state index is 0.0207. The molecule has 0 spiro atoms. The fourth-order valence-corrected chi connectivity index (χ4v) is 3.02. The van der Waals surface area contributed by atoms with E-state index in [0.29, 0.717) is 18.8 Å². The lowest BCUT2D eigenvalue weighted by molar-refractivity contribution is -0.116. The number of aromatic nitrogens is 2. The van der Waals surface area contributed by atoms with Crippen molar-refractivity contribution in [3.05, 3.63) is 45.7 Å². The van der Waals surface area contributed by atoms with Crippen molar-refractivity contribution < 1.29 is 4.79 Å². The molecule has 1 amide bonds. The van der Waals surface area contributed by atoms with E-state index in [1.165, 1.54) is 11.3 Å². The van der Waals surface area contributed by atoms with Gasteiger partial charge in [0.05, 0.1) is 11.4 Å². The zero-order valence-corrected chi connectivity index (χ0v) is 15.8. The highest BCUT2D eigenvalue weighted by atomic mass is 79.9. The summed E-state index contributed by atoms with van der Waals surface area (Å²) in [5.74, 6) is 0.576. The zero-order valence-electron chi connectivity index (χ0n) is 14.2. The first-order valence-corrected chi connectivity index (χ1v) is 8.75. The van der Waals surface area contributed by atoms with Crippen molar-refractivity contribution in [2.45, 2.75) is 47.1 Å². The summed E-state index contributed by atoms with van der Waals surface area (Å²) in [5, 5.41) is 7.55. The molecule has 1 N–H and O–H groups in total. The lowest BCUT2D eigenvalue weighted by Crippen LogP contribution is -2.13. The van der Waals surface area contributed by atoms with E-state index in [-0.39, 0.29) is 5.91 Å². The van der Waals surface area contributed by atoms with Gasteiger partial charge >= 0.3 is 0 Å². The van der Waals surface area contributed by atoms with Crippen molar-refractivity contribution in [1.82, 2.24) is 9.78 Å². The number of rotatable bonds is 6. The number of nitrogens with one attached hydrogen (secondary N) is 1. The van der Waals surface area contributed by atoms with Crippen LogP contribution in [-0.2, 0) is 17.8 Å². The third-order valence-electron chi connectivity index (χ3n) is 3.82. The summed E-state index contributed by atoms with van der Waals surface area (Å²) in [6.45, 7) is 9.38. The van der Waals surface area contributed by atoms with Crippen LogP contribution >= 0.6 is 15.9 Å². The molecule has 4 nitrogen and oxygen atoms in total. The van der Waals surface area contributed by atoms with Crippen molar-refractivity contribution in [3.63, 3.8) is 0 Å². The predicted molar refractivity (Wildman–Crippen MR) is 97.6 cm³/mol. The van der Waals surface area contributed by atoms with Gasteiger partial charge in [-0.1, -0.05) is 26.0 Å². The number of hydrogen-bond donors (Lipinski definition) is 1. The molecular formula is C18H24BrN3O. The number of carbonyl (C=O) groups excluding carboxylic acids is 1. The second-order valence-electron chi connectivity index (χ2n) is 6.25. The maximum atomic E-state index is 12.2. The van der Waals surface area contributed by atoms with E-state index in [2.05, 4.69) is 51.8 Å². The standard InChI is InChI=1S/C18H24BrN3O/c1-12(2)11-22-14(4)15(13(3)21-22)9-10-18(23)20-17-8-6-5-7-16(17)19/h5-8,12H,9-11H2,1-4H3,(H,20,23). The highest BCUT2D eigenvalue weighted by molar-refractivity contribution is 9.10. The first-order chi connectivity index (χ1) is 10.9. The Hall–Kier alpha value is -1.62. The molecule has 0 radical (unpaired) electrons. The fraction of sp³-hybridized carbons (Fsp3) is 0.444. The van der Waals surface area contributed by atoms with Crippen LogP contribution in [0.15, 0.2) is 28.7 Å². The molecule has 2 rings (SSSR count). The molecule has 0 aliphatic rings. The molecule has 1 aromatic heterocycles. The quantitative estimate of drug-likeness (QED) is 0.805. The Morgan fingerprint density at radius 3 is 2.65 bits per heavy atom. The largest absolute Gasteiger partial charge is 0.325 e. The molecule has 0 fully saturated rings. The highest BCUT2D eigenvalue weighted by Gasteiger charge is 2.14. The van der Waals surface area contributed by atoms with Crippen LogP contribution in [0.5, 0.6) is 0 Å². The molecule has 1 aromatic carbocycles. The molecule has 0 saturated carbocycles. The van der Waals surface area contributed by atoms with Crippen molar-refractivity contribution in [1.29, 1.82) is 0 Å². The Labute approximate surface area is 146 Å². The third kappa shape index (κ3) is 4.67. The molecule has 0 bridgehead atoms. The number of benzene rings is 1. The van der Waals surface area contributed by atoms with Crippen LogP contribution in [0.1, 0.15) is 37.2 Å². The summed E-state index contributed by atoms with van der Waals surface area (Å²) in [6.07, 6.45) is 1.17. The minimum Gasteiger partial charge on any atom is -0.325 e. The van der Waals surface area contributed by atoms with Gasteiger partial charge in [0.15, 0.2) is 0 Å².